The molecular weight excluding hydrogens is 834 g/mol. The normalized spacial score (nSPS) is 18.6. The monoisotopic (exact) mass is 883 g/mol. The molecule has 6 aromatic rings. The standard InChI is InChI=1S/C48H50FN9O7/c1-63-47(61)55-41(28-8-4-3-5-9-28)45(59)58-19-7-11-40(58)44-52-27-38(54-44)34-15-14-32(23-35(34)49)36-24-30-12-13-31(22-33(30)25-50-36)37-26-51-43(53-37)39-10-6-18-57(39)46(60)42(56-48(62)64-2)29-16-20-65-21-17-29/h3-5,8-9,12-15,22-27,29,39-42H,6-7,10-11,16-21H2,1-2H3,(H,51,53)(H,52,54)(H,55,61)(H,56,62). The molecule has 0 spiro atoms. The van der Waals surface area contributed by atoms with Crippen LogP contribution in [0.15, 0.2) is 91.4 Å². The molecule has 6 heterocycles. The molecule has 17 heteroatoms. The number of hydrogen-bond acceptors (Lipinski definition) is 10. The molecule has 336 valence electrons. The van der Waals surface area contributed by atoms with Crippen LogP contribution in [0.5, 0.6) is 0 Å². The average Bonchev–Trinajstić information content (AvgIpc) is 4.20. The van der Waals surface area contributed by atoms with Crippen molar-refractivity contribution < 1.29 is 37.8 Å². The Kier molecular flexibility index (Phi) is 12.5. The lowest BCUT2D eigenvalue weighted by Gasteiger charge is -2.34. The number of ether oxygens (including phenoxy) is 3. The fourth-order valence-corrected chi connectivity index (χ4v) is 9.36. The van der Waals surface area contributed by atoms with Gasteiger partial charge in [-0.3, -0.25) is 14.6 Å². The Morgan fingerprint density at radius 3 is 2.05 bits per heavy atom. The Balaban J connectivity index is 0.884. The fourth-order valence-electron chi connectivity index (χ4n) is 9.36. The summed E-state index contributed by atoms with van der Waals surface area (Å²) in [6.07, 6.45) is 8.03. The second-order valence-electron chi connectivity index (χ2n) is 16.6. The molecule has 3 aliphatic heterocycles. The first-order valence-electron chi connectivity index (χ1n) is 21.9. The molecule has 4 unspecified atom stereocenters. The first-order valence-corrected chi connectivity index (χ1v) is 21.9. The number of aromatic nitrogens is 5. The molecule has 3 aliphatic rings. The van der Waals surface area contributed by atoms with E-state index >= 15 is 4.39 Å². The molecule has 4 N–H and O–H groups in total. The Labute approximate surface area is 374 Å². The molecular formula is C48H50FN9O7. The molecule has 9 rings (SSSR count). The van der Waals surface area contributed by atoms with E-state index in [1.165, 1.54) is 20.3 Å². The summed E-state index contributed by atoms with van der Waals surface area (Å²) in [6, 6.07) is 19.5. The molecule has 0 radical (unpaired) electrons. The van der Waals surface area contributed by atoms with Gasteiger partial charge in [0.15, 0.2) is 0 Å². The highest BCUT2D eigenvalue weighted by Gasteiger charge is 2.41. The fraction of sp³-hybridized carbons (Fsp3) is 0.354. The summed E-state index contributed by atoms with van der Waals surface area (Å²) >= 11 is 0. The number of amides is 4. The first-order chi connectivity index (χ1) is 31.7. The lowest BCUT2D eigenvalue weighted by Crippen LogP contribution is -2.53. The highest BCUT2D eigenvalue weighted by atomic mass is 19.1. The molecule has 0 bridgehead atoms. The van der Waals surface area contributed by atoms with E-state index in [0.717, 1.165) is 41.3 Å². The topological polar surface area (TPSA) is 197 Å². The van der Waals surface area contributed by atoms with Gasteiger partial charge < -0.3 is 44.6 Å². The Hall–Kier alpha value is -7.14. The van der Waals surface area contributed by atoms with E-state index in [9.17, 15) is 19.2 Å². The van der Waals surface area contributed by atoms with Crippen LogP contribution < -0.4 is 10.6 Å². The molecule has 3 aromatic carbocycles. The molecule has 3 saturated heterocycles. The number of carbonyl (C=O) groups is 4. The van der Waals surface area contributed by atoms with E-state index in [1.54, 1.807) is 53.8 Å². The number of likely N-dealkylation sites (tertiary alicyclic amines) is 2. The number of hydrogen-bond donors (Lipinski definition) is 4. The van der Waals surface area contributed by atoms with Crippen LogP contribution in [0.2, 0.25) is 0 Å². The van der Waals surface area contributed by atoms with Crippen LogP contribution in [0.1, 0.15) is 73.9 Å². The molecule has 16 nitrogen and oxygen atoms in total. The number of nitrogens with zero attached hydrogens (tertiary/aromatic N) is 5. The quantitative estimate of drug-likeness (QED) is 0.102. The highest BCUT2D eigenvalue weighted by molar-refractivity contribution is 5.90. The van der Waals surface area contributed by atoms with E-state index in [-0.39, 0.29) is 23.8 Å². The number of aromatic amines is 2. The van der Waals surface area contributed by atoms with Gasteiger partial charge in [-0.1, -0.05) is 48.5 Å². The predicted molar refractivity (Wildman–Crippen MR) is 237 cm³/mol. The largest absolute Gasteiger partial charge is 0.453 e. The number of H-pyrrole nitrogens is 2. The zero-order valence-corrected chi connectivity index (χ0v) is 36.1. The number of carbonyl (C=O) groups excluding carboxylic acids is 4. The van der Waals surface area contributed by atoms with Crippen molar-refractivity contribution in [3.05, 3.63) is 114 Å². The summed E-state index contributed by atoms with van der Waals surface area (Å²) in [6.45, 7) is 2.10. The number of alkyl carbamates (subject to hydrolysis) is 2. The lowest BCUT2D eigenvalue weighted by atomic mass is 9.90. The molecule has 0 saturated carbocycles. The van der Waals surface area contributed by atoms with Crippen molar-refractivity contribution in [2.45, 2.75) is 62.7 Å². The zero-order chi connectivity index (χ0) is 45.0. The maximum atomic E-state index is 15.9. The minimum absolute atomic E-state index is 0.0558. The maximum Gasteiger partial charge on any atom is 0.407 e. The Morgan fingerprint density at radius 2 is 1.35 bits per heavy atom. The van der Waals surface area contributed by atoms with Crippen LogP contribution in [0.4, 0.5) is 14.0 Å². The van der Waals surface area contributed by atoms with Crippen molar-refractivity contribution in [3.8, 4) is 33.8 Å². The van der Waals surface area contributed by atoms with Crippen molar-refractivity contribution in [2.75, 3.05) is 40.5 Å². The summed E-state index contributed by atoms with van der Waals surface area (Å²) in [5.41, 5.74) is 4.30. The summed E-state index contributed by atoms with van der Waals surface area (Å²) < 4.78 is 31.1. The Bertz CT molecular complexity index is 2700. The number of pyridine rings is 1. The highest BCUT2D eigenvalue weighted by Crippen LogP contribution is 2.37. The third-order valence-electron chi connectivity index (χ3n) is 12.8. The van der Waals surface area contributed by atoms with Crippen LogP contribution in [-0.2, 0) is 23.8 Å². The average molecular weight is 884 g/mol. The summed E-state index contributed by atoms with van der Waals surface area (Å²) in [7, 11) is 2.54. The van der Waals surface area contributed by atoms with Gasteiger partial charge in [-0.05, 0) is 79.7 Å². The molecule has 3 aromatic heterocycles. The van der Waals surface area contributed by atoms with Crippen LogP contribution in [0.3, 0.4) is 0 Å². The van der Waals surface area contributed by atoms with Gasteiger partial charge in [-0.15, -0.1) is 0 Å². The number of methoxy groups -OCH3 is 2. The SMILES string of the molecule is COC(=O)NC(C(=O)N1CCCC1c1ncc(-c2ccc(-c3cc4ccc(-c5cnc(C6CCCN6C(=O)C(NC(=O)OC)C6CCOCC6)[nH]5)cc4cn3)cc2F)[nH]1)c1ccccc1. The van der Waals surface area contributed by atoms with Crippen LogP contribution in [0, 0.1) is 11.7 Å². The van der Waals surface area contributed by atoms with E-state index in [0.29, 0.717) is 85.3 Å². The smallest absolute Gasteiger partial charge is 0.407 e. The van der Waals surface area contributed by atoms with Gasteiger partial charge in [0.1, 0.15) is 29.5 Å². The minimum atomic E-state index is -0.950. The van der Waals surface area contributed by atoms with Crippen molar-refractivity contribution >= 4 is 34.8 Å². The van der Waals surface area contributed by atoms with Gasteiger partial charge in [0.25, 0.3) is 5.91 Å². The van der Waals surface area contributed by atoms with E-state index in [2.05, 4.69) is 25.6 Å². The van der Waals surface area contributed by atoms with Gasteiger partial charge in [0.05, 0.1) is 55.8 Å². The zero-order valence-electron chi connectivity index (χ0n) is 36.1. The summed E-state index contributed by atoms with van der Waals surface area (Å²) in [4.78, 5) is 76.7. The third kappa shape index (κ3) is 9.00. The predicted octanol–water partition coefficient (Wildman–Crippen LogP) is 7.40. The second-order valence-corrected chi connectivity index (χ2v) is 16.6. The van der Waals surface area contributed by atoms with Gasteiger partial charge >= 0.3 is 12.2 Å². The minimum Gasteiger partial charge on any atom is -0.453 e. The first kappa shape index (κ1) is 43.1. The number of nitrogens with one attached hydrogen (secondary N) is 4. The molecule has 0 aliphatic carbocycles. The van der Waals surface area contributed by atoms with Gasteiger partial charge in [0.2, 0.25) is 5.91 Å². The van der Waals surface area contributed by atoms with Gasteiger partial charge in [-0.25, -0.2) is 23.9 Å². The maximum absolute atomic E-state index is 15.9. The van der Waals surface area contributed by atoms with Crippen LogP contribution in [0.25, 0.3) is 44.5 Å². The van der Waals surface area contributed by atoms with Crippen LogP contribution in [-0.4, -0.2) is 105 Å². The molecule has 4 atom stereocenters. The second kappa shape index (κ2) is 18.9. The summed E-state index contributed by atoms with van der Waals surface area (Å²) in [5.74, 6) is 0.253. The molecule has 3 fully saturated rings. The van der Waals surface area contributed by atoms with E-state index in [1.807, 2.05) is 41.3 Å². The van der Waals surface area contributed by atoms with Crippen molar-refractivity contribution in [3.63, 3.8) is 0 Å². The number of imidazole rings is 2. The number of fused-ring (bicyclic) bond motifs is 1. The number of halogens is 1. The van der Waals surface area contributed by atoms with Gasteiger partial charge in [-0.2, -0.15) is 0 Å². The third-order valence-corrected chi connectivity index (χ3v) is 12.8. The van der Waals surface area contributed by atoms with E-state index < -0.39 is 36.1 Å². The van der Waals surface area contributed by atoms with Crippen molar-refractivity contribution in [1.29, 1.82) is 0 Å². The van der Waals surface area contributed by atoms with Gasteiger partial charge in [0, 0.05) is 54.6 Å². The van der Waals surface area contributed by atoms with Crippen molar-refractivity contribution in [1.82, 2.24) is 45.4 Å². The Morgan fingerprint density at radius 1 is 0.708 bits per heavy atom. The molecule has 65 heavy (non-hydrogen) atoms. The molecule has 4 amide bonds. The number of benzene rings is 3. The van der Waals surface area contributed by atoms with Crippen molar-refractivity contribution in [2.24, 2.45) is 5.92 Å². The number of rotatable bonds is 11. The summed E-state index contributed by atoms with van der Waals surface area (Å²) in [5, 5.41) is 7.26. The van der Waals surface area contributed by atoms with Crippen LogP contribution >= 0.6 is 0 Å². The lowest BCUT2D eigenvalue weighted by molar-refractivity contribution is -0.137. The van der Waals surface area contributed by atoms with E-state index in [4.69, 9.17) is 24.2 Å².